The predicted octanol–water partition coefficient (Wildman–Crippen LogP) is 2.82. The molecule has 1 aromatic rings. The van der Waals surface area contributed by atoms with Crippen molar-refractivity contribution in [1.82, 2.24) is 10.3 Å². The van der Waals surface area contributed by atoms with Crippen molar-refractivity contribution in [2.24, 2.45) is 5.92 Å². The smallest absolute Gasteiger partial charge is 0.255 e. The molecule has 1 aliphatic carbocycles. The molecule has 19 heavy (non-hydrogen) atoms. The number of carbonyl (C=O) groups excluding carboxylic acids is 1. The van der Waals surface area contributed by atoms with Crippen LogP contribution < -0.4 is 10.6 Å². The van der Waals surface area contributed by atoms with Gasteiger partial charge in [-0.15, -0.1) is 0 Å². The van der Waals surface area contributed by atoms with Gasteiger partial charge in [-0.05, 0) is 43.7 Å². The summed E-state index contributed by atoms with van der Waals surface area (Å²) in [7, 11) is 0. The lowest BCUT2D eigenvalue weighted by Gasteiger charge is -2.14. The van der Waals surface area contributed by atoms with E-state index in [1.807, 2.05) is 12.1 Å². The summed E-state index contributed by atoms with van der Waals surface area (Å²) in [6, 6.07) is 3.96. The molecule has 0 aliphatic heterocycles. The lowest BCUT2D eigenvalue weighted by atomic mass is 10.1. The van der Waals surface area contributed by atoms with Crippen LogP contribution in [0.1, 0.15) is 49.9 Å². The Morgan fingerprint density at radius 2 is 2.32 bits per heavy atom. The molecule has 1 amide bonds. The van der Waals surface area contributed by atoms with E-state index >= 15 is 0 Å². The normalized spacial score (nSPS) is 22.2. The maximum Gasteiger partial charge on any atom is 0.255 e. The molecular weight excluding hydrogens is 238 g/mol. The van der Waals surface area contributed by atoms with Crippen LogP contribution in [0.5, 0.6) is 0 Å². The van der Waals surface area contributed by atoms with Gasteiger partial charge in [0.2, 0.25) is 0 Å². The molecule has 2 rings (SSSR count). The standard InChI is InChI=1S/C15H23N3O/c1-3-8-16-14-13(5-4-9-17-14)15(19)18-12-7-6-11(2)10-12/h4-5,9,11-12H,3,6-8,10H2,1-2H3,(H,16,17)(H,18,19). The number of nitrogens with zero attached hydrogens (tertiary/aromatic N) is 1. The zero-order chi connectivity index (χ0) is 13.7. The summed E-state index contributed by atoms with van der Waals surface area (Å²) in [4.78, 5) is 16.6. The van der Waals surface area contributed by atoms with Crippen molar-refractivity contribution in [2.45, 2.75) is 45.6 Å². The van der Waals surface area contributed by atoms with E-state index in [0.717, 1.165) is 31.7 Å². The van der Waals surface area contributed by atoms with Crippen LogP contribution in [-0.4, -0.2) is 23.5 Å². The van der Waals surface area contributed by atoms with Crippen LogP contribution in [0.15, 0.2) is 18.3 Å². The number of aromatic nitrogens is 1. The molecule has 4 nitrogen and oxygen atoms in total. The van der Waals surface area contributed by atoms with Gasteiger partial charge in [0.1, 0.15) is 5.82 Å². The van der Waals surface area contributed by atoms with Gasteiger partial charge in [-0.3, -0.25) is 4.79 Å². The second kappa shape index (κ2) is 6.55. The fourth-order valence-electron chi connectivity index (χ4n) is 2.57. The van der Waals surface area contributed by atoms with Crippen molar-refractivity contribution in [2.75, 3.05) is 11.9 Å². The van der Waals surface area contributed by atoms with Gasteiger partial charge in [-0.25, -0.2) is 4.98 Å². The molecule has 1 fully saturated rings. The second-order valence-corrected chi connectivity index (χ2v) is 5.41. The van der Waals surface area contributed by atoms with E-state index in [0.29, 0.717) is 17.4 Å². The maximum absolute atomic E-state index is 12.3. The van der Waals surface area contributed by atoms with Gasteiger partial charge in [-0.1, -0.05) is 13.8 Å². The van der Waals surface area contributed by atoms with Crippen LogP contribution in [0.3, 0.4) is 0 Å². The third-order valence-corrected chi connectivity index (χ3v) is 3.62. The number of pyridine rings is 1. The fourth-order valence-corrected chi connectivity index (χ4v) is 2.57. The average Bonchev–Trinajstić information content (AvgIpc) is 2.82. The number of anilines is 1. The molecule has 4 heteroatoms. The first-order valence-corrected chi connectivity index (χ1v) is 7.20. The highest BCUT2D eigenvalue weighted by Crippen LogP contribution is 2.25. The van der Waals surface area contributed by atoms with Crippen molar-refractivity contribution in [1.29, 1.82) is 0 Å². The maximum atomic E-state index is 12.3. The number of hydrogen-bond donors (Lipinski definition) is 2. The molecule has 2 N–H and O–H groups in total. The largest absolute Gasteiger partial charge is 0.369 e. The molecule has 0 spiro atoms. The van der Waals surface area contributed by atoms with Gasteiger partial charge >= 0.3 is 0 Å². The highest BCUT2D eigenvalue weighted by atomic mass is 16.1. The Labute approximate surface area is 115 Å². The van der Waals surface area contributed by atoms with Gasteiger partial charge in [0.25, 0.3) is 5.91 Å². The molecular formula is C15H23N3O. The van der Waals surface area contributed by atoms with Crippen LogP contribution in [0.2, 0.25) is 0 Å². The number of amides is 1. The summed E-state index contributed by atoms with van der Waals surface area (Å²) in [5.74, 6) is 1.40. The van der Waals surface area contributed by atoms with Crippen molar-refractivity contribution in [3.63, 3.8) is 0 Å². The van der Waals surface area contributed by atoms with Crippen LogP contribution in [0, 0.1) is 5.92 Å². The molecule has 0 aromatic carbocycles. The quantitative estimate of drug-likeness (QED) is 0.857. The third-order valence-electron chi connectivity index (χ3n) is 3.62. The minimum absolute atomic E-state index is 0.00852. The topological polar surface area (TPSA) is 54.0 Å². The molecule has 1 aliphatic rings. The van der Waals surface area contributed by atoms with E-state index < -0.39 is 0 Å². The zero-order valence-electron chi connectivity index (χ0n) is 11.8. The number of hydrogen-bond acceptors (Lipinski definition) is 3. The molecule has 1 aromatic heterocycles. The van der Waals surface area contributed by atoms with Crippen LogP contribution >= 0.6 is 0 Å². The first kappa shape index (κ1) is 13.8. The summed E-state index contributed by atoms with van der Waals surface area (Å²) in [6.07, 6.45) is 6.11. The van der Waals surface area contributed by atoms with Crippen LogP contribution in [0.25, 0.3) is 0 Å². The fraction of sp³-hybridized carbons (Fsp3) is 0.600. The second-order valence-electron chi connectivity index (χ2n) is 5.41. The van der Waals surface area contributed by atoms with E-state index in [4.69, 9.17) is 0 Å². The van der Waals surface area contributed by atoms with E-state index in [9.17, 15) is 4.79 Å². The lowest BCUT2D eigenvalue weighted by molar-refractivity contribution is 0.0938. The van der Waals surface area contributed by atoms with Gasteiger partial charge < -0.3 is 10.6 Å². The number of nitrogens with one attached hydrogen (secondary N) is 2. The average molecular weight is 261 g/mol. The van der Waals surface area contributed by atoms with Gasteiger partial charge in [0.05, 0.1) is 5.56 Å². The SMILES string of the molecule is CCCNc1ncccc1C(=O)NC1CCC(C)C1. The van der Waals surface area contributed by atoms with Crippen molar-refractivity contribution in [3.8, 4) is 0 Å². The van der Waals surface area contributed by atoms with Crippen molar-refractivity contribution < 1.29 is 4.79 Å². The first-order chi connectivity index (χ1) is 9.20. The summed E-state index contributed by atoms with van der Waals surface area (Å²) in [5, 5.41) is 6.33. The predicted molar refractivity (Wildman–Crippen MR) is 77.3 cm³/mol. The summed E-state index contributed by atoms with van der Waals surface area (Å²) in [6.45, 7) is 5.16. The summed E-state index contributed by atoms with van der Waals surface area (Å²) >= 11 is 0. The molecule has 0 radical (unpaired) electrons. The molecule has 1 heterocycles. The van der Waals surface area contributed by atoms with Crippen LogP contribution in [-0.2, 0) is 0 Å². The Balaban J connectivity index is 2.01. The monoisotopic (exact) mass is 261 g/mol. The van der Waals surface area contributed by atoms with E-state index in [2.05, 4.69) is 29.5 Å². The molecule has 104 valence electrons. The minimum Gasteiger partial charge on any atom is -0.369 e. The molecule has 0 bridgehead atoms. The molecule has 2 atom stereocenters. The lowest BCUT2D eigenvalue weighted by Crippen LogP contribution is -2.33. The van der Waals surface area contributed by atoms with Gasteiger partial charge in [0, 0.05) is 18.8 Å². The minimum atomic E-state index is -0.00852. The molecule has 0 saturated heterocycles. The van der Waals surface area contributed by atoms with E-state index in [1.54, 1.807) is 6.20 Å². The van der Waals surface area contributed by atoms with Crippen molar-refractivity contribution in [3.05, 3.63) is 23.9 Å². The summed E-state index contributed by atoms with van der Waals surface area (Å²) in [5.41, 5.74) is 0.649. The molecule has 1 saturated carbocycles. The Morgan fingerprint density at radius 3 is 3.00 bits per heavy atom. The zero-order valence-corrected chi connectivity index (χ0v) is 11.8. The Bertz CT molecular complexity index is 433. The summed E-state index contributed by atoms with van der Waals surface area (Å²) < 4.78 is 0. The highest BCUT2D eigenvalue weighted by molar-refractivity contribution is 5.98. The molecule has 2 unspecified atom stereocenters. The van der Waals surface area contributed by atoms with Crippen LogP contribution in [0.4, 0.5) is 5.82 Å². The highest BCUT2D eigenvalue weighted by Gasteiger charge is 2.24. The van der Waals surface area contributed by atoms with E-state index in [1.165, 1.54) is 6.42 Å². The first-order valence-electron chi connectivity index (χ1n) is 7.20. The number of rotatable bonds is 5. The van der Waals surface area contributed by atoms with Gasteiger partial charge in [0.15, 0.2) is 0 Å². The van der Waals surface area contributed by atoms with Crippen molar-refractivity contribution >= 4 is 11.7 Å². The Hall–Kier alpha value is -1.58. The Kier molecular flexibility index (Phi) is 4.77. The van der Waals surface area contributed by atoms with Gasteiger partial charge in [-0.2, -0.15) is 0 Å². The number of carbonyl (C=O) groups is 1. The van der Waals surface area contributed by atoms with E-state index in [-0.39, 0.29) is 5.91 Å². The Morgan fingerprint density at radius 1 is 1.47 bits per heavy atom. The third kappa shape index (κ3) is 3.69.